The lowest BCUT2D eigenvalue weighted by Crippen LogP contribution is -2.61. The van der Waals surface area contributed by atoms with Crippen LogP contribution in [0.5, 0.6) is 0 Å². The Kier molecular flexibility index (Phi) is 3.98. The summed E-state index contributed by atoms with van der Waals surface area (Å²) in [7, 11) is 4.24. The van der Waals surface area contributed by atoms with Crippen molar-refractivity contribution in [3.05, 3.63) is 24.3 Å². The van der Waals surface area contributed by atoms with E-state index in [0.29, 0.717) is 35.3 Å². The van der Waals surface area contributed by atoms with Gasteiger partial charge >= 0.3 is 0 Å². The fourth-order valence-electron chi connectivity index (χ4n) is 6.99. The molecular formula is C21H34N2O. The Morgan fingerprint density at radius 3 is 2.54 bits per heavy atom. The Morgan fingerprint density at radius 2 is 1.83 bits per heavy atom. The minimum atomic E-state index is -0.244. The van der Waals surface area contributed by atoms with Crippen LogP contribution >= 0.6 is 0 Å². The van der Waals surface area contributed by atoms with Crippen LogP contribution in [0.2, 0.25) is 0 Å². The molecule has 0 amide bonds. The zero-order valence-corrected chi connectivity index (χ0v) is 15.6. The van der Waals surface area contributed by atoms with Gasteiger partial charge in [-0.2, -0.15) is 0 Å². The molecule has 3 heteroatoms. The number of fused-ring (bicyclic) bond motifs is 5. The van der Waals surface area contributed by atoms with Crippen LogP contribution in [0.1, 0.15) is 39.5 Å². The van der Waals surface area contributed by atoms with Crippen molar-refractivity contribution in [2.24, 2.45) is 34.5 Å². The van der Waals surface area contributed by atoms with Crippen LogP contribution < -0.4 is 10.6 Å². The number of rotatable bonds is 2. The summed E-state index contributed by atoms with van der Waals surface area (Å²) in [6, 6.07) is 1.08. The molecule has 0 aromatic rings. The Labute approximate surface area is 147 Å². The molecule has 0 aromatic carbocycles. The van der Waals surface area contributed by atoms with Crippen LogP contribution in [-0.4, -0.2) is 37.4 Å². The normalized spacial score (nSPS) is 55.8. The first-order valence-corrected chi connectivity index (χ1v) is 9.84. The molecule has 4 rings (SSSR count). The molecule has 0 bridgehead atoms. The van der Waals surface area contributed by atoms with Gasteiger partial charge in [-0.3, -0.25) is 0 Å². The van der Waals surface area contributed by atoms with E-state index in [4.69, 9.17) is 0 Å². The molecule has 3 N–H and O–H groups in total. The lowest BCUT2D eigenvalue weighted by atomic mass is 9.45. The van der Waals surface area contributed by atoms with Crippen molar-refractivity contribution in [3.8, 4) is 0 Å². The summed E-state index contributed by atoms with van der Waals surface area (Å²) in [6.45, 7) is 4.97. The molecule has 0 heterocycles. The number of aliphatic hydroxyl groups is 1. The Balaban J connectivity index is 1.73. The van der Waals surface area contributed by atoms with Gasteiger partial charge < -0.3 is 15.7 Å². The Bertz CT molecular complexity index is 558. The highest BCUT2D eigenvalue weighted by Gasteiger charge is 2.60. The van der Waals surface area contributed by atoms with Gasteiger partial charge in [0.2, 0.25) is 0 Å². The van der Waals surface area contributed by atoms with Crippen molar-refractivity contribution in [2.75, 3.05) is 14.1 Å². The molecule has 3 nitrogen and oxygen atoms in total. The lowest BCUT2D eigenvalue weighted by molar-refractivity contribution is -0.0881. The van der Waals surface area contributed by atoms with Crippen LogP contribution in [0.3, 0.4) is 0 Å². The van der Waals surface area contributed by atoms with E-state index >= 15 is 0 Å². The van der Waals surface area contributed by atoms with E-state index in [0.717, 1.165) is 12.3 Å². The number of nitrogens with one attached hydrogen (secondary N) is 2. The molecule has 0 aromatic heterocycles. The standard InChI is InChI=1S/C21H34N2O/c1-20-9-7-14(24)11-13(20)12-17(22-3)19-15-5-6-18(23-4)21(15,2)10-8-16(19)20/h5-7,9,13-19,22-24H,8,10-12H2,1-4H3/t13?,14-,15-,16-,17-,18-,19-,20-,21-/m0/s1. The minimum absolute atomic E-state index is 0.244. The van der Waals surface area contributed by atoms with Gasteiger partial charge in [-0.1, -0.05) is 38.2 Å². The quantitative estimate of drug-likeness (QED) is 0.682. The maximum absolute atomic E-state index is 10.1. The van der Waals surface area contributed by atoms with E-state index in [2.05, 4.69) is 62.9 Å². The van der Waals surface area contributed by atoms with Crippen LogP contribution in [0.25, 0.3) is 0 Å². The van der Waals surface area contributed by atoms with Gasteiger partial charge in [0.05, 0.1) is 6.10 Å². The number of aliphatic hydroxyl groups excluding tert-OH is 1. The van der Waals surface area contributed by atoms with Gasteiger partial charge in [0.15, 0.2) is 0 Å². The topological polar surface area (TPSA) is 44.3 Å². The van der Waals surface area contributed by atoms with Gasteiger partial charge in [-0.05, 0) is 74.3 Å². The molecule has 134 valence electrons. The van der Waals surface area contributed by atoms with E-state index in [1.807, 2.05) is 0 Å². The number of allylic oxidation sites excluding steroid dienone is 2. The van der Waals surface area contributed by atoms with Gasteiger partial charge in [0.25, 0.3) is 0 Å². The van der Waals surface area contributed by atoms with E-state index in [1.165, 1.54) is 19.3 Å². The van der Waals surface area contributed by atoms with Crippen molar-refractivity contribution in [1.82, 2.24) is 10.6 Å². The summed E-state index contributed by atoms with van der Waals surface area (Å²) in [5, 5.41) is 17.4. The molecule has 2 saturated carbocycles. The molecule has 9 atom stereocenters. The molecule has 0 aliphatic heterocycles. The summed E-state index contributed by atoms with van der Waals surface area (Å²) in [6.07, 6.45) is 13.9. The maximum Gasteiger partial charge on any atom is 0.0724 e. The third kappa shape index (κ3) is 2.14. The fraction of sp³-hybridized carbons (Fsp3) is 0.810. The highest BCUT2D eigenvalue weighted by Crippen LogP contribution is 2.63. The summed E-state index contributed by atoms with van der Waals surface area (Å²) >= 11 is 0. The average Bonchev–Trinajstić information content (AvgIpc) is 2.91. The molecular weight excluding hydrogens is 296 g/mol. The fourth-order valence-corrected chi connectivity index (χ4v) is 6.99. The Morgan fingerprint density at radius 1 is 1.04 bits per heavy atom. The molecule has 4 aliphatic carbocycles. The van der Waals surface area contributed by atoms with Crippen molar-refractivity contribution in [1.29, 1.82) is 0 Å². The summed E-state index contributed by atoms with van der Waals surface area (Å²) in [5.41, 5.74) is 0.607. The van der Waals surface area contributed by atoms with Gasteiger partial charge in [0, 0.05) is 12.1 Å². The zero-order valence-electron chi connectivity index (χ0n) is 15.6. The van der Waals surface area contributed by atoms with E-state index in [9.17, 15) is 5.11 Å². The highest BCUT2D eigenvalue weighted by molar-refractivity contribution is 5.25. The van der Waals surface area contributed by atoms with Gasteiger partial charge in [0.1, 0.15) is 0 Å². The van der Waals surface area contributed by atoms with Crippen molar-refractivity contribution >= 4 is 0 Å². The summed E-state index contributed by atoms with van der Waals surface area (Å²) in [5.74, 6) is 2.68. The summed E-state index contributed by atoms with van der Waals surface area (Å²) < 4.78 is 0. The number of hydrogen-bond donors (Lipinski definition) is 3. The second-order valence-corrected chi connectivity index (χ2v) is 9.26. The molecule has 2 fully saturated rings. The highest BCUT2D eigenvalue weighted by atomic mass is 16.3. The minimum Gasteiger partial charge on any atom is -0.389 e. The summed E-state index contributed by atoms with van der Waals surface area (Å²) in [4.78, 5) is 0. The predicted octanol–water partition coefficient (Wildman–Crippen LogP) is 2.73. The second kappa shape index (κ2) is 5.69. The van der Waals surface area contributed by atoms with Gasteiger partial charge in [-0.25, -0.2) is 0 Å². The first-order valence-electron chi connectivity index (χ1n) is 9.84. The third-order valence-electron chi connectivity index (χ3n) is 8.42. The monoisotopic (exact) mass is 330 g/mol. The van der Waals surface area contributed by atoms with Crippen LogP contribution in [0.15, 0.2) is 24.3 Å². The molecule has 0 saturated heterocycles. The molecule has 0 radical (unpaired) electrons. The smallest absolute Gasteiger partial charge is 0.0724 e. The van der Waals surface area contributed by atoms with E-state index in [-0.39, 0.29) is 11.5 Å². The lowest BCUT2D eigenvalue weighted by Gasteiger charge is -2.61. The second-order valence-electron chi connectivity index (χ2n) is 9.26. The van der Waals surface area contributed by atoms with E-state index < -0.39 is 0 Å². The van der Waals surface area contributed by atoms with Crippen LogP contribution in [0.4, 0.5) is 0 Å². The Hall–Kier alpha value is -0.640. The molecule has 24 heavy (non-hydrogen) atoms. The maximum atomic E-state index is 10.1. The van der Waals surface area contributed by atoms with Crippen LogP contribution in [0, 0.1) is 34.5 Å². The molecule has 4 aliphatic rings. The average molecular weight is 331 g/mol. The first-order chi connectivity index (χ1) is 11.4. The third-order valence-corrected chi connectivity index (χ3v) is 8.42. The van der Waals surface area contributed by atoms with Gasteiger partial charge in [-0.15, -0.1) is 0 Å². The largest absolute Gasteiger partial charge is 0.389 e. The van der Waals surface area contributed by atoms with Crippen molar-refractivity contribution < 1.29 is 5.11 Å². The number of likely N-dealkylation sites (N-methyl/N-ethyl adjacent to an activating group) is 1. The predicted molar refractivity (Wildman–Crippen MR) is 98.6 cm³/mol. The van der Waals surface area contributed by atoms with Crippen molar-refractivity contribution in [3.63, 3.8) is 0 Å². The van der Waals surface area contributed by atoms with Crippen molar-refractivity contribution in [2.45, 2.75) is 57.7 Å². The van der Waals surface area contributed by atoms with E-state index in [1.54, 1.807) is 0 Å². The molecule has 1 unspecified atom stereocenters. The zero-order chi connectivity index (χ0) is 17.1. The first kappa shape index (κ1) is 16.8. The SMILES string of the molecule is CN[C@H]1CC2C[C@@H](O)C=C[C@]2(C)[C@H]2CC[C@]3(C)[C@@H](NC)C=C[C@H]3[C@H]12. The molecule has 0 spiro atoms. The van der Waals surface area contributed by atoms with Crippen LogP contribution in [-0.2, 0) is 0 Å². The number of hydrogen-bond acceptors (Lipinski definition) is 3.